The Hall–Kier alpha value is -0.930. The molecule has 1 saturated heterocycles. The summed E-state index contributed by atoms with van der Waals surface area (Å²) in [6.07, 6.45) is 4.54. The summed E-state index contributed by atoms with van der Waals surface area (Å²) in [5.74, 6) is 0. The molecule has 1 heterocycles. The van der Waals surface area contributed by atoms with Gasteiger partial charge in [0.25, 0.3) is 0 Å². The molecule has 0 unspecified atom stereocenters. The molecule has 5 heteroatoms. The molecule has 18 heavy (non-hydrogen) atoms. The fourth-order valence-corrected chi connectivity index (χ4v) is 2.51. The molecule has 1 aromatic carbocycles. The summed E-state index contributed by atoms with van der Waals surface area (Å²) in [6.45, 7) is 1.63. The van der Waals surface area contributed by atoms with E-state index in [0.29, 0.717) is 15.7 Å². The maximum atomic E-state index is 12.1. The molecule has 0 spiro atoms. The lowest BCUT2D eigenvalue weighted by molar-refractivity contribution is 0.214. The minimum Gasteiger partial charge on any atom is -0.325 e. The van der Waals surface area contributed by atoms with E-state index in [2.05, 4.69) is 5.32 Å². The SMILES string of the molecule is O=C(Nc1ccc(Cl)cc1Cl)N1CCCCCC1. The second-order valence-electron chi connectivity index (χ2n) is 4.46. The van der Waals surface area contributed by atoms with Gasteiger partial charge < -0.3 is 10.2 Å². The van der Waals surface area contributed by atoms with E-state index in [1.54, 1.807) is 18.2 Å². The number of amides is 2. The molecule has 0 aromatic heterocycles. The van der Waals surface area contributed by atoms with E-state index < -0.39 is 0 Å². The van der Waals surface area contributed by atoms with Crippen molar-refractivity contribution in [2.24, 2.45) is 0 Å². The van der Waals surface area contributed by atoms with Crippen LogP contribution in [0.1, 0.15) is 25.7 Å². The van der Waals surface area contributed by atoms with Gasteiger partial charge in [-0.25, -0.2) is 4.79 Å². The van der Waals surface area contributed by atoms with Gasteiger partial charge in [0.15, 0.2) is 0 Å². The highest BCUT2D eigenvalue weighted by Crippen LogP contribution is 2.25. The summed E-state index contributed by atoms with van der Waals surface area (Å²) in [5, 5.41) is 3.86. The van der Waals surface area contributed by atoms with E-state index in [-0.39, 0.29) is 6.03 Å². The zero-order chi connectivity index (χ0) is 13.0. The number of likely N-dealkylation sites (tertiary alicyclic amines) is 1. The summed E-state index contributed by atoms with van der Waals surface area (Å²) in [6, 6.07) is 4.98. The first-order valence-electron chi connectivity index (χ1n) is 6.18. The molecule has 2 rings (SSSR count). The van der Waals surface area contributed by atoms with Crippen LogP contribution in [0.4, 0.5) is 10.5 Å². The largest absolute Gasteiger partial charge is 0.325 e. The molecule has 0 bridgehead atoms. The van der Waals surface area contributed by atoms with Crippen LogP contribution in [0.15, 0.2) is 18.2 Å². The fraction of sp³-hybridized carbons (Fsp3) is 0.462. The van der Waals surface area contributed by atoms with E-state index in [4.69, 9.17) is 23.2 Å². The van der Waals surface area contributed by atoms with Crippen LogP contribution in [0.2, 0.25) is 10.0 Å². The number of carbonyl (C=O) groups is 1. The zero-order valence-electron chi connectivity index (χ0n) is 10.1. The van der Waals surface area contributed by atoms with Crippen molar-refractivity contribution in [3.63, 3.8) is 0 Å². The number of hydrogen-bond donors (Lipinski definition) is 1. The van der Waals surface area contributed by atoms with Gasteiger partial charge in [0.1, 0.15) is 0 Å². The number of rotatable bonds is 1. The molecular formula is C13H16Cl2N2O. The molecule has 3 nitrogen and oxygen atoms in total. The van der Waals surface area contributed by atoms with E-state index in [0.717, 1.165) is 25.9 Å². The number of halogens is 2. The van der Waals surface area contributed by atoms with Gasteiger partial charge in [-0.3, -0.25) is 0 Å². The summed E-state index contributed by atoms with van der Waals surface area (Å²) < 4.78 is 0. The Morgan fingerprint density at radius 1 is 1.11 bits per heavy atom. The number of anilines is 1. The predicted octanol–water partition coefficient (Wildman–Crippen LogP) is 4.40. The predicted molar refractivity (Wildman–Crippen MR) is 75.5 cm³/mol. The Bertz CT molecular complexity index is 429. The molecule has 1 aliphatic rings. The van der Waals surface area contributed by atoms with Crippen LogP contribution >= 0.6 is 23.2 Å². The first-order chi connectivity index (χ1) is 8.66. The molecule has 1 aliphatic heterocycles. The molecule has 1 aromatic rings. The van der Waals surface area contributed by atoms with Gasteiger partial charge in [-0.2, -0.15) is 0 Å². The number of hydrogen-bond acceptors (Lipinski definition) is 1. The Kier molecular flexibility index (Phi) is 4.72. The van der Waals surface area contributed by atoms with Crippen LogP contribution in [0.25, 0.3) is 0 Å². The highest BCUT2D eigenvalue weighted by molar-refractivity contribution is 6.36. The lowest BCUT2D eigenvalue weighted by atomic mass is 10.2. The van der Waals surface area contributed by atoms with Crippen LogP contribution in [0.5, 0.6) is 0 Å². The maximum Gasteiger partial charge on any atom is 0.321 e. The van der Waals surface area contributed by atoms with Crippen molar-refractivity contribution in [1.29, 1.82) is 0 Å². The monoisotopic (exact) mass is 286 g/mol. The molecule has 1 fully saturated rings. The van der Waals surface area contributed by atoms with Gasteiger partial charge >= 0.3 is 6.03 Å². The van der Waals surface area contributed by atoms with E-state index in [9.17, 15) is 4.79 Å². The summed E-state index contributed by atoms with van der Waals surface area (Å²) in [5.41, 5.74) is 0.607. The van der Waals surface area contributed by atoms with Gasteiger partial charge in [-0.15, -0.1) is 0 Å². The second-order valence-corrected chi connectivity index (χ2v) is 5.30. The Balaban J connectivity index is 2.01. The van der Waals surface area contributed by atoms with Gasteiger partial charge in [0.2, 0.25) is 0 Å². The highest BCUT2D eigenvalue weighted by Gasteiger charge is 2.16. The molecule has 0 atom stereocenters. The van der Waals surface area contributed by atoms with E-state index >= 15 is 0 Å². The topological polar surface area (TPSA) is 32.3 Å². The fourth-order valence-electron chi connectivity index (χ4n) is 2.06. The third kappa shape index (κ3) is 3.53. The van der Waals surface area contributed by atoms with E-state index in [1.807, 2.05) is 4.90 Å². The Morgan fingerprint density at radius 2 is 1.78 bits per heavy atom. The molecule has 2 amide bonds. The maximum absolute atomic E-state index is 12.1. The first-order valence-corrected chi connectivity index (χ1v) is 6.93. The molecule has 1 N–H and O–H groups in total. The summed E-state index contributed by atoms with van der Waals surface area (Å²) >= 11 is 11.8. The van der Waals surface area contributed by atoms with Crippen LogP contribution < -0.4 is 5.32 Å². The highest BCUT2D eigenvalue weighted by atomic mass is 35.5. The third-order valence-corrected chi connectivity index (χ3v) is 3.61. The number of benzene rings is 1. The Labute approximate surface area is 117 Å². The second kappa shape index (κ2) is 6.30. The number of nitrogens with zero attached hydrogens (tertiary/aromatic N) is 1. The number of nitrogens with one attached hydrogen (secondary N) is 1. The molecule has 0 aliphatic carbocycles. The van der Waals surface area contributed by atoms with Crippen LogP contribution in [-0.2, 0) is 0 Å². The summed E-state index contributed by atoms with van der Waals surface area (Å²) in [7, 11) is 0. The summed E-state index contributed by atoms with van der Waals surface area (Å²) in [4.78, 5) is 13.9. The van der Waals surface area contributed by atoms with Crippen molar-refractivity contribution in [3.8, 4) is 0 Å². The quantitative estimate of drug-likeness (QED) is 0.815. The molecule has 0 saturated carbocycles. The standard InChI is InChI=1S/C13H16Cl2N2O/c14-10-5-6-12(11(15)9-10)16-13(18)17-7-3-1-2-4-8-17/h5-6,9H,1-4,7-8H2,(H,16,18). The van der Waals surface area contributed by atoms with Crippen molar-refractivity contribution in [2.75, 3.05) is 18.4 Å². The lowest BCUT2D eigenvalue weighted by Gasteiger charge is -2.21. The van der Waals surface area contributed by atoms with Crippen molar-refractivity contribution < 1.29 is 4.79 Å². The molecular weight excluding hydrogens is 271 g/mol. The molecule has 0 radical (unpaired) electrons. The van der Waals surface area contributed by atoms with Crippen molar-refractivity contribution in [1.82, 2.24) is 4.90 Å². The molecule has 98 valence electrons. The van der Waals surface area contributed by atoms with Crippen LogP contribution in [-0.4, -0.2) is 24.0 Å². The van der Waals surface area contributed by atoms with Gasteiger partial charge in [0.05, 0.1) is 10.7 Å². The van der Waals surface area contributed by atoms with Crippen molar-refractivity contribution >= 4 is 34.9 Å². The smallest absolute Gasteiger partial charge is 0.321 e. The van der Waals surface area contributed by atoms with Crippen LogP contribution in [0, 0.1) is 0 Å². The van der Waals surface area contributed by atoms with Crippen molar-refractivity contribution in [2.45, 2.75) is 25.7 Å². The number of carbonyl (C=O) groups excluding carboxylic acids is 1. The third-order valence-electron chi connectivity index (χ3n) is 3.07. The normalized spacial score (nSPS) is 16.2. The van der Waals surface area contributed by atoms with Gasteiger partial charge in [-0.05, 0) is 31.0 Å². The zero-order valence-corrected chi connectivity index (χ0v) is 11.6. The Morgan fingerprint density at radius 3 is 2.39 bits per heavy atom. The minimum atomic E-state index is -0.0823. The number of urea groups is 1. The van der Waals surface area contributed by atoms with Crippen LogP contribution in [0.3, 0.4) is 0 Å². The average molecular weight is 287 g/mol. The minimum absolute atomic E-state index is 0.0823. The van der Waals surface area contributed by atoms with Gasteiger partial charge in [-0.1, -0.05) is 36.0 Å². The van der Waals surface area contributed by atoms with Gasteiger partial charge in [0, 0.05) is 18.1 Å². The first kappa shape index (κ1) is 13.5. The lowest BCUT2D eigenvalue weighted by Crippen LogP contribution is -2.35. The average Bonchev–Trinajstić information content (AvgIpc) is 2.61. The van der Waals surface area contributed by atoms with Crippen molar-refractivity contribution in [3.05, 3.63) is 28.2 Å². The van der Waals surface area contributed by atoms with E-state index in [1.165, 1.54) is 12.8 Å².